The molecule has 0 amide bonds. The molecule has 0 unspecified atom stereocenters. The van der Waals surface area contributed by atoms with Crippen LogP contribution in [-0.2, 0) is 0 Å². The number of anilines is 1. The van der Waals surface area contributed by atoms with Gasteiger partial charge >= 0.3 is 0 Å². The smallest absolute Gasteiger partial charge is 0.203 e. The summed E-state index contributed by atoms with van der Waals surface area (Å²) in [5.74, 6) is 0.798. The number of ether oxygens (including phenoxy) is 1. The van der Waals surface area contributed by atoms with Gasteiger partial charge in [0.1, 0.15) is 5.75 Å². The molecule has 0 bridgehead atoms. The maximum atomic E-state index is 5.94. The van der Waals surface area contributed by atoms with E-state index in [9.17, 15) is 0 Å². The lowest BCUT2D eigenvalue weighted by Crippen LogP contribution is -1.91. The Morgan fingerprint density at radius 2 is 2.09 bits per heavy atom. The van der Waals surface area contributed by atoms with Crippen LogP contribution in [0.5, 0.6) is 5.75 Å². The monoisotopic (exact) mass is 343 g/mol. The first kappa shape index (κ1) is 15.5. The summed E-state index contributed by atoms with van der Waals surface area (Å²) in [4.78, 5) is 4.53. The van der Waals surface area contributed by atoms with Gasteiger partial charge in [-0.3, -0.25) is 5.43 Å². The van der Waals surface area contributed by atoms with Gasteiger partial charge in [-0.15, -0.1) is 11.3 Å². The number of methoxy groups -OCH3 is 1. The van der Waals surface area contributed by atoms with E-state index in [4.69, 9.17) is 16.3 Å². The number of benzene rings is 2. The minimum atomic E-state index is 0.682. The molecular formula is C17H14ClN3OS. The Morgan fingerprint density at radius 3 is 2.91 bits per heavy atom. The van der Waals surface area contributed by atoms with E-state index in [2.05, 4.69) is 15.5 Å². The van der Waals surface area contributed by atoms with Crippen LogP contribution in [0, 0.1) is 0 Å². The van der Waals surface area contributed by atoms with Gasteiger partial charge < -0.3 is 4.74 Å². The zero-order chi connectivity index (χ0) is 16.1. The average molecular weight is 344 g/mol. The first-order valence-corrected chi connectivity index (χ1v) is 8.15. The average Bonchev–Trinajstić information content (AvgIpc) is 3.03. The number of rotatable bonds is 5. The fraction of sp³-hybridized carbons (Fsp3) is 0.0588. The highest BCUT2D eigenvalue weighted by Gasteiger charge is 2.08. The van der Waals surface area contributed by atoms with E-state index < -0.39 is 0 Å². The van der Waals surface area contributed by atoms with Crippen molar-refractivity contribution in [2.24, 2.45) is 5.10 Å². The first-order chi connectivity index (χ1) is 11.3. The molecule has 2 aromatic carbocycles. The topological polar surface area (TPSA) is 46.5 Å². The van der Waals surface area contributed by atoms with Crippen molar-refractivity contribution >= 4 is 34.3 Å². The number of aromatic nitrogens is 1. The molecule has 1 aromatic heterocycles. The van der Waals surface area contributed by atoms with Crippen molar-refractivity contribution in [2.75, 3.05) is 12.5 Å². The van der Waals surface area contributed by atoms with Crippen LogP contribution in [0.25, 0.3) is 11.3 Å². The SMILES string of the molecule is COc1ccccc1-c1csc(N/N=C\c2cccc(Cl)c2)n1. The van der Waals surface area contributed by atoms with E-state index in [1.807, 2.05) is 53.9 Å². The Balaban J connectivity index is 1.72. The third-order valence-corrected chi connectivity index (χ3v) is 4.09. The molecule has 0 atom stereocenters. The molecule has 3 rings (SSSR count). The predicted molar refractivity (Wildman–Crippen MR) is 96.8 cm³/mol. The van der Waals surface area contributed by atoms with E-state index in [1.54, 1.807) is 13.3 Å². The zero-order valence-electron chi connectivity index (χ0n) is 12.4. The second kappa shape index (κ2) is 7.26. The summed E-state index contributed by atoms with van der Waals surface area (Å²) in [5.41, 5.74) is 5.67. The van der Waals surface area contributed by atoms with Crippen LogP contribution < -0.4 is 10.2 Å². The van der Waals surface area contributed by atoms with Gasteiger partial charge in [-0.2, -0.15) is 5.10 Å². The standard InChI is InChI=1S/C17H14ClN3OS/c1-22-16-8-3-2-7-14(16)15-11-23-17(20-15)21-19-10-12-5-4-6-13(18)9-12/h2-11H,1H3,(H,20,21)/b19-10-. The first-order valence-electron chi connectivity index (χ1n) is 6.90. The molecule has 1 heterocycles. The molecule has 4 nitrogen and oxygen atoms in total. The normalized spacial score (nSPS) is 10.9. The van der Waals surface area contributed by atoms with Crippen LogP contribution in [0.4, 0.5) is 5.13 Å². The summed E-state index contributed by atoms with van der Waals surface area (Å²) in [6, 6.07) is 15.3. The van der Waals surface area contributed by atoms with E-state index in [0.717, 1.165) is 22.6 Å². The lowest BCUT2D eigenvalue weighted by Gasteiger charge is -2.04. The van der Waals surface area contributed by atoms with Crippen molar-refractivity contribution in [3.63, 3.8) is 0 Å². The number of hydrogen-bond donors (Lipinski definition) is 1. The maximum absolute atomic E-state index is 5.94. The van der Waals surface area contributed by atoms with Crippen molar-refractivity contribution in [2.45, 2.75) is 0 Å². The van der Waals surface area contributed by atoms with Gasteiger partial charge in [0.05, 0.1) is 19.0 Å². The zero-order valence-corrected chi connectivity index (χ0v) is 13.9. The highest BCUT2D eigenvalue weighted by Crippen LogP contribution is 2.31. The van der Waals surface area contributed by atoms with Crippen molar-refractivity contribution in [1.29, 1.82) is 0 Å². The van der Waals surface area contributed by atoms with Gasteiger partial charge in [-0.05, 0) is 29.8 Å². The van der Waals surface area contributed by atoms with Crippen LogP contribution in [0.3, 0.4) is 0 Å². The van der Waals surface area contributed by atoms with Crippen molar-refractivity contribution in [1.82, 2.24) is 4.98 Å². The van der Waals surface area contributed by atoms with Crippen molar-refractivity contribution in [3.8, 4) is 17.0 Å². The largest absolute Gasteiger partial charge is 0.496 e. The third-order valence-electron chi connectivity index (χ3n) is 3.11. The molecule has 0 saturated carbocycles. The quantitative estimate of drug-likeness (QED) is 0.528. The summed E-state index contributed by atoms with van der Waals surface area (Å²) < 4.78 is 5.36. The number of halogens is 1. The number of hydrogen-bond acceptors (Lipinski definition) is 5. The Labute approximate surface area is 143 Å². The van der Waals surface area contributed by atoms with Gasteiger partial charge in [0.25, 0.3) is 0 Å². The molecule has 0 aliphatic rings. The molecule has 0 aliphatic carbocycles. The maximum Gasteiger partial charge on any atom is 0.203 e. The summed E-state index contributed by atoms with van der Waals surface area (Å²) >= 11 is 7.42. The summed E-state index contributed by atoms with van der Waals surface area (Å²) in [5, 5.41) is 7.55. The molecule has 0 spiro atoms. The van der Waals surface area contributed by atoms with Crippen LogP contribution in [-0.4, -0.2) is 18.3 Å². The number of para-hydroxylation sites is 1. The number of thiazole rings is 1. The highest BCUT2D eigenvalue weighted by molar-refractivity contribution is 7.14. The Kier molecular flexibility index (Phi) is 4.90. The van der Waals surface area contributed by atoms with Crippen LogP contribution in [0.15, 0.2) is 59.0 Å². The van der Waals surface area contributed by atoms with Crippen molar-refractivity contribution in [3.05, 3.63) is 64.5 Å². The minimum Gasteiger partial charge on any atom is -0.496 e. The number of nitrogens with one attached hydrogen (secondary N) is 1. The van der Waals surface area contributed by atoms with Crippen LogP contribution in [0.1, 0.15) is 5.56 Å². The van der Waals surface area contributed by atoms with Gasteiger partial charge in [-0.25, -0.2) is 4.98 Å². The summed E-state index contributed by atoms with van der Waals surface area (Å²) in [6.07, 6.45) is 1.70. The molecule has 1 N–H and O–H groups in total. The van der Waals surface area contributed by atoms with Gasteiger partial charge in [-0.1, -0.05) is 35.9 Å². The fourth-order valence-electron chi connectivity index (χ4n) is 2.05. The Morgan fingerprint density at radius 1 is 1.22 bits per heavy atom. The van der Waals surface area contributed by atoms with Crippen LogP contribution >= 0.6 is 22.9 Å². The van der Waals surface area contributed by atoms with E-state index in [-0.39, 0.29) is 0 Å². The predicted octanol–water partition coefficient (Wildman–Crippen LogP) is 4.92. The Hall–Kier alpha value is -2.37. The molecule has 0 fully saturated rings. The molecule has 116 valence electrons. The van der Waals surface area contributed by atoms with Gasteiger partial charge in [0, 0.05) is 16.0 Å². The molecule has 0 aliphatic heterocycles. The molecule has 0 radical (unpaired) electrons. The minimum absolute atomic E-state index is 0.682. The lowest BCUT2D eigenvalue weighted by molar-refractivity contribution is 0.416. The van der Waals surface area contributed by atoms with Crippen LogP contribution in [0.2, 0.25) is 5.02 Å². The molecule has 0 saturated heterocycles. The molecule has 3 aromatic rings. The van der Waals surface area contributed by atoms with Crippen molar-refractivity contribution < 1.29 is 4.74 Å². The lowest BCUT2D eigenvalue weighted by atomic mass is 10.1. The van der Waals surface area contributed by atoms with E-state index in [0.29, 0.717) is 10.2 Å². The summed E-state index contributed by atoms with van der Waals surface area (Å²) in [7, 11) is 1.65. The second-order valence-corrected chi connectivity index (χ2v) is 5.96. The fourth-order valence-corrected chi connectivity index (χ4v) is 2.91. The van der Waals surface area contributed by atoms with Gasteiger partial charge in [0.2, 0.25) is 5.13 Å². The highest BCUT2D eigenvalue weighted by atomic mass is 35.5. The summed E-state index contributed by atoms with van der Waals surface area (Å²) in [6.45, 7) is 0. The Bertz CT molecular complexity index is 832. The molecule has 23 heavy (non-hydrogen) atoms. The van der Waals surface area contributed by atoms with E-state index in [1.165, 1.54) is 11.3 Å². The number of hydrazone groups is 1. The number of nitrogens with zero attached hydrogens (tertiary/aromatic N) is 2. The van der Waals surface area contributed by atoms with E-state index >= 15 is 0 Å². The third kappa shape index (κ3) is 3.88. The molecular weight excluding hydrogens is 330 g/mol. The molecule has 6 heteroatoms. The van der Waals surface area contributed by atoms with Gasteiger partial charge in [0.15, 0.2) is 0 Å². The second-order valence-electron chi connectivity index (χ2n) is 4.66.